The number of amides is 1. The van der Waals surface area contributed by atoms with Crippen molar-refractivity contribution < 1.29 is 9.18 Å². The molecular weight excluding hydrogens is 295 g/mol. The van der Waals surface area contributed by atoms with Gasteiger partial charge in [0.25, 0.3) is 5.91 Å². The van der Waals surface area contributed by atoms with Crippen molar-refractivity contribution in [3.05, 3.63) is 69.9 Å². The molecule has 1 aliphatic rings. The second-order valence-electron chi connectivity index (χ2n) is 5.85. The zero-order chi connectivity index (χ0) is 16.2. The van der Waals surface area contributed by atoms with Crippen molar-refractivity contribution in [1.29, 1.82) is 0 Å². The second-order valence-corrected chi connectivity index (χ2v) is 5.85. The third-order valence-corrected chi connectivity index (χ3v) is 4.25. The van der Waals surface area contributed by atoms with Gasteiger partial charge < -0.3 is 9.88 Å². The number of aromatic nitrogens is 1. The molecule has 0 saturated carbocycles. The second kappa shape index (κ2) is 6.77. The summed E-state index contributed by atoms with van der Waals surface area (Å²) in [5, 5.41) is 0. The van der Waals surface area contributed by atoms with E-state index in [9.17, 15) is 14.0 Å². The number of H-pyrrole nitrogens is 1. The van der Waals surface area contributed by atoms with Crippen LogP contribution in [0.3, 0.4) is 0 Å². The van der Waals surface area contributed by atoms with Gasteiger partial charge in [-0.2, -0.15) is 0 Å². The number of hydrogen-bond donors (Lipinski definition) is 1. The summed E-state index contributed by atoms with van der Waals surface area (Å²) in [5.74, 6) is -0.508. The minimum atomic E-state index is -0.299. The fourth-order valence-electron chi connectivity index (χ4n) is 3.14. The number of pyridine rings is 1. The molecule has 1 amide bonds. The van der Waals surface area contributed by atoms with Crippen molar-refractivity contribution in [1.82, 2.24) is 9.88 Å². The van der Waals surface area contributed by atoms with Crippen LogP contribution in [0.4, 0.5) is 4.39 Å². The number of benzene rings is 1. The number of rotatable bonds is 2. The molecule has 1 aromatic carbocycles. The number of nitrogens with one attached hydrogen (secondary N) is 1. The molecule has 0 spiro atoms. The van der Waals surface area contributed by atoms with Gasteiger partial charge in [0.05, 0.1) is 6.04 Å². The number of hydrogen-bond acceptors (Lipinski definition) is 2. The topological polar surface area (TPSA) is 53.2 Å². The number of likely N-dealkylation sites (tertiary alicyclic amines) is 1. The summed E-state index contributed by atoms with van der Waals surface area (Å²) in [6, 6.07) is 10.8. The minimum Gasteiger partial charge on any atom is -0.330 e. The van der Waals surface area contributed by atoms with Crippen molar-refractivity contribution in [2.45, 2.75) is 31.7 Å². The zero-order valence-corrected chi connectivity index (χ0v) is 12.8. The lowest BCUT2D eigenvalue weighted by molar-refractivity contribution is 0.0674. The summed E-state index contributed by atoms with van der Waals surface area (Å²) in [6.45, 7) is 0.608. The van der Waals surface area contributed by atoms with E-state index in [2.05, 4.69) is 4.98 Å². The fourth-order valence-corrected chi connectivity index (χ4v) is 3.14. The van der Waals surface area contributed by atoms with E-state index >= 15 is 0 Å². The molecule has 2 heterocycles. The van der Waals surface area contributed by atoms with Gasteiger partial charge in [-0.15, -0.1) is 0 Å². The normalized spacial score (nSPS) is 18.5. The highest BCUT2D eigenvalue weighted by molar-refractivity contribution is 5.92. The summed E-state index contributed by atoms with van der Waals surface area (Å²) in [5.41, 5.74) is 0.785. The van der Waals surface area contributed by atoms with E-state index in [-0.39, 0.29) is 29.0 Å². The lowest BCUT2D eigenvalue weighted by Crippen LogP contribution is -2.36. The van der Waals surface area contributed by atoms with E-state index in [1.54, 1.807) is 23.1 Å². The molecule has 23 heavy (non-hydrogen) atoms. The predicted molar refractivity (Wildman–Crippen MR) is 85.7 cm³/mol. The Morgan fingerprint density at radius 1 is 1.13 bits per heavy atom. The summed E-state index contributed by atoms with van der Waals surface area (Å²) >= 11 is 0. The van der Waals surface area contributed by atoms with E-state index in [1.807, 2.05) is 6.07 Å². The molecule has 4 nitrogen and oxygen atoms in total. The number of nitrogens with zero attached hydrogens (tertiary/aromatic N) is 1. The van der Waals surface area contributed by atoms with Crippen molar-refractivity contribution in [3.63, 3.8) is 0 Å². The molecule has 5 heteroatoms. The summed E-state index contributed by atoms with van der Waals surface area (Å²) in [6.07, 6.45) is 3.75. The van der Waals surface area contributed by atoms with Crippen LogP contribution < -0.4 is 5.56 Å². The highest BCUT2D eigenvalue weighted by Gasteiger charge is 2.28. The Bertz CT molecular complexity index is 756. The first-order valence-corrected chi connectivity index (χ1v) is 7.91. The molecule has 120 valence electrons. The SMILES string of the molecule is O=C(c1cccc(=O)[nH]1)N1CCCCCC1c1cccc(F)c1. The Balaban J connectivity index is 1.95. The number of carbonyl (C=O) groups excluding carboxylic acids is 1. The molecule has 0 radical (unpaired) electrons. The van der Waals surface area contributed by atoms with Gasteiger partial charge >= 0.3 is 0 Å². The molecular formula is C18H19FN2O2. The van der Waals surface area contributed by atoms with Crippen LogP contribution in [0, 0.1) is 5.82 Å². The van der Waals surface area contributed by atoms with E-state index in [0.29, 0.717) is 6.54 Å². The van der Waals surface area contributed by atoms with Crippen LogP contribution in [0.5, 0.6) is 0 Å². The first-order valence-electron chi connectivity index (χ1n) is 7.91. The van der Waals surface area contributed by atoms with Crippen LogP contribution in [-0.2, 0) is 0 Å². The maximum Gasteiger partial charge on any atom is 0.270 e. The molecule has 1 atom stereocenters. The number of halogens is 1. The Hall–Kier alpha value is -2.43. The van der Waals surface area contributed by atoms with E-state index in [0.717, 1.165) is 31.2 Å². The molecule has 1 unspecified atom stereocenters. The smallest absolute Gasteiger partial charge is 0.270 e. The lowest BCUT2D eigenvalue weighted by Gasteiger charge is -2.30. The van der Waals surface area contributed by atoms with Gasteiger partial charge in [-0.25, -0.2) is 4.39 Å². The Labute approximate surface area is 134 Å². The third-order valence-electron chi connectivity index (χ3n) is 4.25. The summed E-state index contributed by atoms with van der Waals surface area (Å²) in [7, 11) is 0. The maximum absolute atomic E-state index is 13.6. The van der Waals surface area contributed by atoms with Crippen LogP contribution >= 0.6 is 0 Å². The number of aromatic amines is 1. The Kier molecular flexibility index (Phi) is 4.55. The maximum atomic E-state index is 13.6. The van der Waals surface area contributed by atoms with Gasteiger partial charge in [0, 0.05) is 12.6 Å². The molecule has 2 aromatic rings. The molecule has 0 bridgehead atoms. The van der Waals surface area contributed by atoms with E-state index < -0.39 is 0 Å². The largest absolute Gasteiger partial charge is 0.330 e. The molecule has 1 aromatic heterocycles. The molecule has 1 aliphatic heterocycles. The standard InChI is InChI=1S/C18H19FN2O2/c19-14-7-4-6-13(12-14)16-9-2-1-3-11-21(16)18(23)15-8-5-10-17(22)20-15/h4-8,10,12,16H,1-3,9,11H2,(H,20,22). The van der Waals surface area contributed by atoms with Gasteiger partial charge in [0.15, 0.2) is 0 Å². The minimum absolute atomic E-state index is 0.163. The highest BCUT2D eigenvalue weighted by Crippen LogP contribution is 2.31. The van der Waals surface area contributed by atoms with Gasteiger partial charge in [0.2, 0.25) is 5.56 Å². The van der Waals surface area contributed by atoms with Gasteiger partial charge in [-0.05, 0) is 36.6 Å². The average molecular weight is 314 g/mol. The van der Waals surface area contributed by atoms with Crippen LogP contribution in [0.2, 0.25) is 0 Å². The zero-order valence-electron chi connectivity index (χ0n) is 12.8. The van der Waals surface area contributed by atoms with Crippen molar-refractivity contribution in [3.8, 4) is 0 Å². The molecule has 1 fully saturated rings. The first kappa shape index (κ1) is 15.5. The van der Waals surface area contributed by atoms with E-state index in [4.69, 9.17) is 0 Å². The molecule has 3 rings (SSSR count). The molecule has 1 saturated heterocycles. The Morgan fingerprint density at radius 2 is 1.96 bits per heavy atom. The van der Waals surface area contributed by atoms with Crippen LogP contribution in [0.25, 0.3) is 0 Å². The predicted octanol–water partition coefficient (Wildman–Crippen LogP) is 3.27. The Morgan fingerprint density at radius 3 is 2.74 bits per heavy atom. The summed E-state index contributed by atoms with van der Waals surface area (Å²) in [4.78, 5) is 28.6. The number of carbonyl (C=O) groups is 1. The van der Waals surface area contributed by atoms with Gasteiger partial charge in [-0.3, -0.25) is 9.59 Å². The van der Waals surface area contributed by atoms with Crippen LogP contribution in [0.1, 0.15) is 47.8 Å². The van der Waals surface area contributed by atoms with Gasteiger partial charge in [-0.1, -0.05) is 31.0 Å². The quantitative estimate of drug-likeness (QED) is 0.925. The van der Waals surface area contributed by atoms with Crippen molar-refractivity contribution in [2.75, 3.05) is 6.54 Å². The van der Waals surface area contributed by atoms with Crippen LogP contribution in [0.15, 0.2) is 47.3 Å². The van der Waals surface area contributed by atoms with Crippen molar-refractivity contribution in [2.24, 2.45) is 0 Å². The molecule has 1 N–H and O–H groups in total. The third kappa shape index (κ3) is 3.50. The highest BCUT2D eigenvalue weighted by atomic mass is 19.1. The monoisotopic (exact) mass is 314 g/mol. The van der Waals surface area contributed by atoms with Crippen LogP contribution in [-0.4, -0.2) is 22.3 Å². The van der Waals surface area contributed by atoms with E-state index in [1.165, 1.54) is 18.2 Å². The first-order chi connectivity index (χ1) is 11.1. The lowest BCUT2D eigenvalue weighted by atomic mass is 10.0. The van der Waals surface area contributed by atoms with Crippen molar-refractivity contribution >= 4 is 5.91 Å². The molecule has 0 aliphatic carbocycles. The summed E-state index contributed by atoms with van der Waals surface area (Å²) < 4.78 is 13.6. The van der Waals surface area contributed by atoms with Gasteiger partial charge in [0.1, 0.15) is 11.5 Å². The fraction of sp³-hybridized carbons (Fsp3) is 0.333. The average Bonchev–Trinajstić information content (AvgIpc) is 2.80.